The van der Waals surface area contributed by atoms with Gasteiger partial charge in [-0.2, -0.15) is 0 Å². The summed E-state index contributed by atoms with van der Waals surface area (Å²) in [6.45, 7) is 5.84. The summed E-state index contributed by atoms with van der Waals surface area (Å²) >= 11 is 0. The zero-order valence-electron chi connectivity index (χ0n) is 13.6. The van der Waals surface area contributed by atoms with E-state index in [-0.39, 0.29) is 17.9 Å². The Kier molecular flexibility index (Phi) is 6.22. The number of carbonyl (C=O) groups is 2. The van der Waals surface area contributed by atoms with E-state index in [0.29, 0.717) is 11.8 Å². The number of nitrogens with zero attached hydrogens (tertiary/aromatic N) is 1. The van der Waals surface area contributed by atoms with Gasteiger partial charge in [0.15, 0.2) is 0 Å². The van der Waals surface area contributed by atoms with Crippen LogP contribution < -0.4 is 5.32 Å². The number of unbranched alkanes of at least 4 members (excludes halogenated alkanes) is 1. The van der Waals surface area contributed by atoms with Gasteiger partial charge in [-0.15, -0.1) is 0 Å². The number of nitrogens with one attached hydrogen (secondary N) is 1. The Morgan fingerprint density at radius 3 is 2.86 bits per heavy atom. The molecule has 21 heavy (non-hydrogen) atoms. The normalized spacial score (nSPS) is 28.6. The molecule has 3 atom stereocenters. The summed E-state index contributed by atoms with van der Waals surface area (Å²) in [7, 11) is 0. The van der Waals surface area contributed by atoms with E-state index in [2.05, 4.69) is 17.1 Å². The van der Waals surface area contributed by atoms with Gasteiger partial charge in [0.25, 0.3) is 0 Å². The lowest BCUT2D eigenvalue weighted by Crippen LogP contribution is -2.50. The van der Waals surface area contributed by atoms with Crippen LogP contribution in [0.4, 0.5) is 0 Å². The fraction of sp³-hybridized carbons (Fsp3) is 0.882. The number of amides is 1. The first-order valence-electron chi connectivity index (χ1n) is 8.71. The second kappa shape index (κ2) is 7.92. The fourth-order valence-electron chi connectivity index (χ4n) is 3.83. The highest BCUT2D eigenvalue weighted by molar-refractivity contribution is 5.83. The minimum Gasteiger partial charge on any atom is -0.355 e. The van der Waals surface area contributed by atoms with E-state index in [0.717, 1.165) is 64.5 Å². The summed E-state index contributed by atoms with van der Waals surface area (Å²) in [6.07, 6.45) is 8.29. The number of rotatable bonds is 6. The molecular formula is C17H30N2O2. The smallest absolute Gasteiger partial charge is 0.237 e. The predicted octanol–water partition coefficient (Wildman–Crippen LogP) is 2.51. The molecule has 1 aliphatic carbocycles. The minimum absolute atomic E-state index is 0.107. The zero-order chi connectivity index (χ0) is 15.2. The van der Waals surface area contributed by atoms with Gasteiger partial charge in [0.05, 0.1) is 6.04 Å². The Balaban J connectivity index is 1.93. The highest BCUT2D eigenvalue weighted by Crippen LogP contribution is 2.33. The zero-order valence-corrected chi connectivity index (χ0v) is 13.6. The summed E-state index contributed by atoms with van der Waals surface area (Å²) in [5.41, 5.74) is 0. The minimum atomic E-state index is -0.107. The van der Waals surface area contributed by atoms with Crippen LogP contribution in [0.15, 0.2) is 0 Å². The Labute approximate surface area is 128 Å². The van der Waals surface area contributed by atoms with Gasteiger partial charge in [0.2, 0.25) is 5.91 Å². The highest BCUT2D eigenvalue weighted by atomic mass is 16.2. The number of carbonyl (C=O) groups excluding carboxylic acids is 2. The van der Waals surface area contributed by atoms with Gasteiger partial charge in [0, 0.05) is 24.9 Å². The van der Waals surface area contributed by atoms with E-state index in [1.807, 2.05) is 6.92 Å². The second-order valence-corrected chi connectivity index (χ2v) is 6.59. The van der Waals surface area contributed by atoms with Gasteiger partial charge in [-0.25, -0.2) is 0 Å². The highest BCUT2D eigenvalue weighted by Gasteiger charge is 2.39. The van der Waals surface area contributed by atoms with Crippen molar-refractivity contribution in [2.45, 2.75) is 77.3 Å². The Morgan fingerprint density at radius 2 is 2.14 bits per heavy atom. The van der Waals surface area contributed by atoms with Crippen molar-refractivity contribution in [1.29, 1.82) is 0 Å². The van der Waals surface area contributed by atoms with E-state index in [1.54, 1.807) is 0 Å². The number of hydrogen-bond acceptors (Lipinski definition) is 3. The largest absolute Gasteiger partial charge is 0.355 e. The van der Waals surface area contributed by atoms with Crippen LogP contribution in [0.2, 0.25) is 0 Å². The summed E-state index contributed by atoms with van der Waals surface area (Å²) < 4.78 is 0. The van der Waals surface area contributed by atoms with Crippen LogP contribution >= 0.6 is 0 Å². The third-order valence-corrected chi connectivity index (χ3v) is 5.11. The van der Waals surface area contributed by atoms with E-state index >= 15 is 0 Å². The van der Waals surface area contributed by atoms with Crippen molar-refractivity contribution in [2.75, 3.05) is 13.1 Å². The van der Waals surface area contributed by atoms with Crippen LogP contribution in [0, 0.1) is 5.92 Å². The lowest BCUT2D eigenvalue weighted by molar-refractivity contribution is -0.131. The van der Waals surface area contributed by atoms with Crippen LogP contribution in [0.25, 0.3) is 0 Å². The molecule has 120 valence electrons. The fourth-order valence-corrected chi connectivity index (χ4v) is 3.83. The molecular weight excluding hydrogens is 264 g/mol. The van der Waals surface area contributed by atoms with Crippen LogP contribution in [0.5, 0.6) is 0 Å². The standard InChI is InChI=1S/C17H30N2O2/c1-3-4-11-18-17(21)13(2)19-12-7-9-15(19)14-8-5-6-10-16(14)20/h13-15H,3-12H2,1-2H3,(H,18,21). The molecule has 1 aliphatic heterocycles. The molecule has 0 radical (unpaired) electrons. The molecule has 0 bridgehead atoms. The molecule has 0 aromatic heterocycles. The Hall–Kier alpha value is -0.900. The molecule has 1 saturated heterocycles. The maximum Gasteiger partial charge on any atom is 0.237 e. The second-order valence-electron chi connectivity index (χ2n) is 6.59. The third kappa shape index (κ3) is 4.06. The predicted molar refractivity (Wildman–Crippen MR) is 84.1 cm³/mol. The number of hydrogen-bond donors (Lipinski definition) is 1. The molecule has 4 nitrogen and oxygen atoms in total. The molecule has 3 unspecified atom stereocenters. The summed E-state index contributed by atoms with van der Waals surface area (Å²) in [4.78, 5) is 26.8. The van der Waals surface area contributed by atoms with Crippen molar-refractivity contribution in [3.63, 3.8) is 0 Å². The molecule has 1 N–H and O–H groups in total. The molecule has 4 heteroatoms. The average molecular weight is 294 g/mol. The van der Waals surface area contributed by atoms with Crippen molar-refractivity contribution >= 4 is 11.7 Å². The van der Waals surface area contributed by atoms with Crippen molar-refractivity contribution in [2.24, 2.45) is 5.92 Å². The number of ketones is 1. The van der Waals surface area contributed by atoms with E-state index in [9.17, 15) is 9.59 Å². The van der Waals surface area contributed by atoms with Crippen LogP contribution in [-0.4, -0.2) is 41.8 Å². The van der Waals surface area contributed by atoms with Gasteiger partial charge in [-0.1, -0.05) is 19.8 Å². The molecule has 0 aromatic rings. The van der Waals surface area contributed by atoms with E-state index in [4.69, 9.17) is 0 Å². The maximum absolute atomic E-state index is 12.3. The van der Waals surface area contributed by atoms with Crippen LogP contribution in [-0.2, 0) is 9.59 Å². The molecule has 1 heterocycles. The van der Waals surface area contributed by atoms with Crippen molar-refractivity contribution in [3.8, 4) is 0 Å². The van der Waals surface area contributed by atoms with Gasteiger partial charge in [0.1, 0.15) is 5.78 Å². The van der Waals surface area contributed by atoms with Crippen LogP contribution in [0.3, 0.4) is 0 Å². The quantitative estimate of drug-likeness (QED) is 0.766. The molecule has 0 aromatic carbocycles. The topological polar surface area (TPSA) is 49.4 Å². The van der Waals surface area contributed by atoms with Crippen molar-refractivity contribution in [3.05, 3.63) is 0 Å². The first-order chi connectivity index (χ1) is 10.1. The summed E-state index contributed by atoms with van der Waals surface area (Å²) in [5, 5.41) is 3.03. The van der Waals surface area contributed by atoms with Crippen molar-refractivity contribution < 1.29 is 9.59 Å². The maximum atomic E-state index is 12.3. The molecule has 2 aliphatic rings. The Bertz CT molecular complexity index is 370. The number of likely N-dealkylation sites (tertiary alicyclic amines) is 1. The Morgan fingerprint density at radius 1 is 1.33 bits per heavy atom. The SMILES string of the molecule is CCCCNC(=O)C(C)N1CCCC1C1CCCCC1=O. The molecule has 2 fully saturated rings. The molecule has 2 rings (SSSR count). The first kappa shape index (κ1) is 16.5. The number of Topliss-reactive ketones (excluding diaryl/α,β-unsaturated/α-hetero) is 1. The lowest BCUT2D eigenvalue weighted by atomic mass is 9.81. The molecule has 0 spiro atoms. The van der Waals surface area contributed by atoms with Crippen LogP contribution in [0.1, 0.15) is 65.2 Å². The average Bonchev–Trinajstić information content (AvgIpc) is 2.96. The van der Waals surface area contributed by atoms with Gasteiger partial charge in [-0.05, 0) is 45.6 Å². The molecule has 1 saturated carbocycles. The lowest BCUT2D eigenvalue weighted by Gasteiger charge is -2.36. The van der Waals surface area contributed by atoms with Gasteiger partial charge >= 0.3 is 0 Å². The molecule has 1 amide bonds. The summed E-state index contributed by atoms with van der Waals surface area (Å²) in [6, 6.07) is 0.189. The van der Waals surface area contributed by atoms with Gasteiger partial charge < -0.3 is 5.32 Å². The monoisotopic (exact) mass is 294 g/mol. The van der Waals surface area contributed by atoms with E-state index < -0.39 is 0 Å². The van der Waals surface area contributed by atoms with Crippen molar-refractivity contribution in [1.82, 2.24) is 10.2 Å². The van der Waals surface area contributed by atoms with Gasteiger partial charge in [-0.3, -0.25) is 14.5 Å². The third-order valence-electron chi connectivity index (χ3n) is 5.11. The first-order valence-corrected chi connectivity index (χ1v) is 8.71. The van der Waals surface area contributed by atoms with E-state index in [1.165, 1.54) is 0 Å². The summed E-state index contributed by atoms with van der Waals surface area (Å²) in [5.74, 6) is 0.725.